The Labute approximate surface area is 328 Å². The van der Waals surface area contributed by atoms with Crippen molar-refractivity contribution in [3.8, 4) is 0 Å². The zero-order valence-electron chi connectivity index (χ0n) is 34.6. The fourth-order valence-electron chi connectivity index (χ4n) is 7.26. The van der Waals surface area contributed by atoms with Crippen molar-refractivity contribution in [1.29, 1.82) is 0 Å². The number of oxazole rings is 1. The number of carbonyl (C=O) groups is 1. The third-order valence-corrected chi connectivity index (χ3v) is 16.9. The highest BCUT2D eigenvalue weighted by atomic mass is 35.5. The van der Waals surface area contributed by atoms with Crippen LogP contribution in [0, 0.1) is 5.92 Å². The third kappa shape index (κ3) is 8.61. The zero-order chi connectivity index (χ0) is 39.4. The second kappa shape index (κ2) is 15.2. The summed E-state index contributed by atoms with van der Waals surface area (Å²) in [5, 5.41) is 6.35. The van der Waals surface area contributed by atoms with Gasteiger partial charge in [-0.3, -0.25) is 0 Å². The summed E-state index contributed by atoms with van der Waals surface area (Å²) in [4.78, 5) is 19.8. The van der Waals surface area contributed by atoms with Crippen LogP contribution in [0.1, 0.15) is 131 Å². The third-order valence-electron chi connectivity index (χ3n) is 12.1. The Kier molecular flexibility index (Phi) is 11.6. The van der Waals surface area contributed by atoms with Gasteiger partial charge in [-0.05, 0) is 122 Å². The molecule has 0 N–H and O–H groups in total. The molecule has 0 spiro atoms. The van der Waals surface area contributed by atoms with Gasteiger partial charge in [-0.2, -0.15) is 5.10 Å². The molecule has 3 aliphatic heterocycles. The van der Waals surface area contributed by atoms with Crippen LogP contribution in [0.15, 0.2) is 22.9 Å². The van der Waals surface area contributed by atoms with Crippen molar-refractivity contribution in [3.63, 3.8) is 0 Å². The molecule has 3 aliphatic rings. The predicted octanol–water partition coefficient (Wildman–Crippen LogP) is 9.17. The Morgan fingerprint density at radius 1 is 1.04 bits per heavy atom. The van der Waals surface area contributed by atoms with Crippen LogP contribution in [0.2, 0.25) is 23.2 Å². The smallest absolute Gasteiger partial charge is 0.444 e. The van der Waals surface area contributed by atoms with E-state index in [4.69, 9.17) is 49.3 Å². The number of likely N-dealkylation sites (tertiary alicyclic amines) is 1. The molecule has 298 valence electrons. The molecule has 0 radical (unpaired) electrons. The second-order valence-electron chi connectivity index (χ2n) is 19.0. The molecule has 2 unspecified atom stereocenters. The van der Waals surface area contributed by atoms with Crippen LogP contribution in [0.5, 0.6) is 0 Å². The van der Waals surface area contributed by atoms with Crippen LogP contribution in [0.3, 0.4) is 0 Å². The number of aromatic nitrogens is 3. The molecule has 6 rings (SSSR count). The normalized spacial score (nSPS) is 22.9. The predicted molar refractivity (Wildman–Crippen MR) is 215 cm³/mol. The first-order valence-electron chi connectivity index (χ1n) is 19.8. The van der Waals surface area contributed by atoms with Gasteiger partial charge in [0.1, 0.15) is 17.5 Å². The van der Waals surface area contributed by atoms with Gasteiger partial charge in [0.05, 0.1) is 29.1 Å². The fourth-order valence-corrected chi connectivity index (χ4v) is 8.84. The van der Waals surface area contributed by atoms with E-state index >= 15 is 0 Å². The number of carbonyl (C=O) groups excluding carboxylic acids is 1. The summed E-state index contributed by atoms with van der Waals surface area (Å²) >= 11 is 7.22. The summed E-state index contributed by atoms with van der Waals surface area (Å²) in [5.74, 6) is 1.28. The average Bonchev–Trinajstić information content (AvgIpc) is 3.77. The number of benzene rings is 1. The number of amides is 1. The Hall–Kier alpha value is -2.42. The summed E-state index contributed by atoms with van der Waals surface area (Å²) < 4.78 is 40.9. The number of rotatable bonds is 9. The first-order chi connectivity index (χ1) is 25.1. The quantitative estimate of drug-likeness (QED) is 0.196. The van der Waals surface area contributed by atoms with Crippen molar-refractivity contribution in [2.75, 3.05) is 19.7 Å². The van der Waals surface area contributed by atoms with E-state index in [1.54, 1.807) is 0 Å². The molecule has 0 aliphatic carbocycles. The van der Waals surface area contributed by atoms with Gasteiger partial charge in [-0.15, -0.1) is 0 Å². The van der Waals surface area contributed by atoms with Crippen LogP contribution in [-0.2, 0) is 36.1 Å². The molecule has 1 aromatic carbocycles. The molecule has 3 atom stereocenters. The van der Waals surface area contributed by atoms with Crippen molar-refractivity contribution in [2.45, 2.75) is 161 Å². The first kappa shape index (κ1) is 41.2. The van der Waals surface area contributed by atoms with E-state index < -0.39 is 38.3 Å². The maximum absolute atomic E-state index is 13.2. The molecule has 0 saturated carbocycles. The summed E-state index contributed by atoms with van der Waals surface area (Å²) in [6.45, 7) is 27.0. The molecular formula is C40H62BClN4O7Si. The molecule has 3 aromatic rings. The number of nitrogens with zero attached hydrogens (tertiary/aromatic N) is 4. The number of hydrogen-bond acceptors (Lipinski definition) is 9. The minimum atomic E-state index is -2.27. The molecule has 1 amide bonds. The molecule has 3 saturated heterocycles. The van der Waals surface area contributed by atoms with Crippen LogP contribution in [-0.4, -0.2) is 77.7 Å². The largest absolute Gasteiger partial charge is 0.495 e. The maximum atomic E-state index is 13.2. The van der Waals surface area contributed by atoms with Gasteiger partial charge >= 0.3 is 13.2 Å². The number of fused-ring (bicyclic) bond motifs is 1. The van der Waals surface area contributed by atoms with E-state index in [-0.39, 0.29) is 23.3 Å². The summed E-state index contributed by atoms with van der Waals surface area (Å²) in [6.07, 6.45) is 8.76. The molecular weight excluding hydrogens is 723 g/mol. The number of hydrogen-bond donors (Lipinski definition) is 0. The standard InChI is InChI=1S/C40H62BClN4O7Si/c1-37(2,3)50-36(47)45-20-15-16-26(25-45)34(51-54(11,12)38(4,5)6)35-43-23-27(49-35)18-19-28-30(42)22-31-29(24-44-46(31)32-17-13-14-21-48-32)33(28)41-52-39(7,8)40(9,10)53-41/h22-24,26,32,34H,13-21,25H2,1-12H3/t26-,32?,34?/m1/s1. The summed E-state index contributed by atoms with van der Waals surface area (Å²) in [7, 11) is -2.91. The Balaban J connectivity index is 1.30. The minimum Gasteiger partial charge on any atom is -0.444 e. The highest BCUT2D eigenvalue weighted by Crippen LogP contribution is 2.44. The van der Waals surface area contributed by atoms with Crippen molar-refractivity contribution >= 4 is 49.5 Å². The molecule has 2 aromatic heterocycles. The van der Waals surface area contributed by atoms with Crippen molar-refractivity contribution in [3.05, 3.63) is 40.7 Å². The Morgan fingerprint density at radius 2 is 1.74 bits per heavy atom. The molecule has 11 nitrogen and oxygen atoms in total. The van der Waals surface area contributed by atoms with E-state index in [0.717, 1.165) is 59.8 Å². The monoisotopic (exact) mass is 784 g/mol. The molecule has 3 fully saturated rings. The Bertz CT molecular complexity index is 1790. The van der Waals surface area contributed by atoms with E-state index in [1.807, 2.05) is 48.8 Å². The van der Waals surface area contributed by atoms with Gasteiger partial charge in [0.15, 0.2) is 14.5 Å². The van der Waals surface area contributed by atoms with E-state index in [0.29, 0.717) is 43.5 Å². The van der Waals surface area contributed by atoms with Crippen molar-refractivity contribution < 1.29 is 32.4 Å². The molecule has 0 bridgehead atoms. The van der Waals surface area contributed by atoms with Crippen LogP contribution < -0.4 is 5.46 Å². The molecule has 5 heterocycles. The lowest BCUT2D eigenvalue weighted by Gasteiger charge is -2.42. The minimum absolute atomic E-state index is 0.00315. The number of halogens is 1. The highest BCUT2D eigenvalue weighted by molar-refractivity contribution is 6.74. The van der Waals surface area contributed by atoms with Gasteiger partial charge in [0.2, 0.25) is 5.89 Å². The number of piperidine rings is 1. The van der Waals surface area contributed by atoms with Crippen molar-refractivity contribution in [1.82, 2.24) is 19.7 Å². The number of aryl methyl sites for hydroxylation is 1. The van der Waals surface area contributed by atoms with E-state index in [1.165, 1.54) is 0 Å². The fraction of sp³-hybridized carbons (Fsp3) is 0.725. The van der Waals surface area contributed by atoms with E-state index in [2.05, 4.69) is 61.6 Å². The van der Waals surface area contributed by atoms with Gasteiger partial charge in [-0.1, -0.05) is 32.4 Å². The lowest BCUT2D eigenvalue weighted by atomic mass is 9.73. The topological polar surface area (TPSA) is 110 Å². The van der Waals surface area contributed by atoms with Gasteiger partial charge in [0.25, 0.3) is 0 Å². The van der Waals surface area contributed by atoms with E-state index in [9.17, 15) is 4.79 Å². The lowest BCUT2D eigenvalue weighted by molar-refractivity contribution is -0.0366. The molecule has 14 heteroatoms. The summed E-state index contributed by atoms with van der Waals surface area (Å²) in [6, 6.07) is 2.00. The lowest BCUT2D eigenvalue weighted by Crippen LogP contribution is -2.47. The van der Waals surface area contributed by atoms with Crippen LogP contribution >= 0.6 is 11.6 Å². The Morgan fingerprint density at radius 3 is 2.37 bits per heavy atom. The molecule has 54 heavy (non-hydrogen) atoms. The highest BCUT2D eigenvalue weighted by Gasteiger charge is 2.53. The van der Waals surface area contributed by atoms with Crippen molar-refractivity contribution in [2.24, 2.45) is 5.92 Å². The first-order valence-corrected chi connectivity index (χ1v) is 23.1. The summed E-state index contributed by atoms with van der Waals surface area (Å²) in [5.41, 5.74) is 1.08. The van der Waals surface area contributed by atoms with Crippen LogP contribution in [0.4, 0.5) is 4.79 Å². The van der Waals surface area contributed by atoms with Gasteiger partial charge < -0.3 is 32.5 Å². The average molecular weight is 785 g/mol. The van der Waals surface area contributed by atoms with Gasteiger partial charge in [-0.25, -0.2) is 14.5 Å². The maximum Gasteiger partial charge on any atom is 0.495 e. The SMILES string of the molecule is CC(C)(C)OC(=O)N1CCC[C@@H](C(O[Si](C)(C)C(C)(C)C)c2ncc(CCc3c(Cl)cc4c(cnn4C4CCCCO4)c3B3OC(C)(C)C(C)(C)O3)o2)C1. The second-order valence-corrected chi connectivity index (χ2v) is 24.1. The number of ether oxygens (including phenoxy) is 2. The van der Waals surface area contributed by atoms with Gasteiger partial charge in [0, 0.05) is 42.4 Å². The van der Waals surface area contributed by atoms with Crippen LogP contribution in [0.25, 0.3) is 10.9 Å². The zero-order valence-corrected chi connectivity index (χ0v) is 36.4.